The summed E-state index contributed by atoms with van der Waals surface area (Å²) in [6.45, 7) is 0. The lowest BCUT2D eigenvalue weighted by Crippen LogP contribution is -2.36. The molecule has 0 bridgehead atoms. The lowest BCUT2D eigenvalue weighted by molar-refractivity contribution is -0.123. The number of carbonyl (C=O) groups is 1. The van der Waals surface area contributed by atoms with Crippen molar-refractivity contribution in [1.29, 1.82) is 0 Å². The van der Waals surface area contributed by atoms with E-state index in [4.69, 9.17) is 4.52 Å². The molecule has 0 fully saturated rings. The zero-order valence-electron chi connectivity index (χ0n) is 13.3. The largest absolute Gasteiger partial charge is 0.356 e. The van der Waals surface area contributed by atoms with Gasteiger partial charge in [0.25, 0.3) is 0 Å². The molecule has 1 aliphatic carbocycles. The Morgan fingerprint density at radius 3 is 2.88 bits per heavy atom. The maximum Gasteiger partial charge on any atom is 0.240 e. The van der Waals surface area contributed by atoms with Gasteiger partial charge in [0.05, 0.1) is 0 Å². The lowest BCUT2D eigenvalue weighted by Gasteiger charge is -2.17. The van der Waals surface area contributed by atoms with E-state index in [1.807, 2.05) is 0 Å². The Bertz CT molecular complexity index is 854. The number of aromatic nitrogens is 1. The lowest BCUT2D eigenvalue weighted by atomic mass is 9.94. The molecule has 3 rings (SSSR count). The van der Waals surface area contributed by atoms with Gasteiger partial charge in [0.15, 0.2) is 5.58 Å². The quantitative estimate of drug-likeness (QED) is 0.858. The third kappa shape index (κ3) is 4.03. The van der Waals surface area contributed by atoms with Crippen molar-refractivity contribution in [3.8, 4) is 0 Å². The van der Waals surface area contributed by atoms with E-state index in [9.17, 15) is 13.2 Å². The number of para-hydroxylation sites is 1. The van der Waals surface area contributed by atoms with Gasteiger partial charge in [-0.3, -0.25) is 9.52 Å². The Balaban J connectivity index is 1.69. The van der Waals surface area contributed by atoms with Crippen molar-refractivity contribution < 1.29 is 17.7 Å². The molecule has 0 saturated heterocycles. The highest BCUT2D eigenvalue weighted by Crippen LogP contribution is 2.21. The number of rotatable bonds is 4. The van der Waals surface area contributed by atoms with Gasteiger partial charge in [0, 0.05) is 11.3 Å². The Hall–Kier alpha value is -2.15. The number of allylic oxidation sites excluding steroid dienone is 2. The summed E-state index contributed by atoms with van der Waals surface area (Å²) in [5.74, 6) is -1.06. The van der Waals surface area contributed by atoms with Gasteiger partial charge in [-0.05, 0) is 44.2 Å². The normalized spacial score (nSPS) is 20.2. The van der Waals surface area contributed by atoms with Crippen LogP contribution in [0.3, 0.4) is 0 Å². The van der Waals surface area contributed by atoms with Crippen LogP contribution >= 0.6 is 0 Å². The molecule has 1 atom stereocenters. The first-order chi connectivity index (χ1) is 11.6. The molecule has 1 amide bonds. The molecular weight excluding hydrogens is 328 g/mol. The fraction of sp³-hybridized carbons (Fsp3) is 0.412. The first-order valence-electron chi connectivity index (χ1n) is 8.08. The van der Waals surface area contributed by atoms with E-state index in [1.165, 1.54) is 0 Å². The minimum Gasteiger partial charge on any atom is -0.356 e. The number of nitrogens with one attached hydrogen (secondary N) is 1. The Morgan fingerprint density at radius 1 is 1.21 bits per heavy atom. The number of hydrogen-bond donors (Lipinski definition) is 1. The molecule has 1 N–H and O–H groups in total. The van der Waals surface area contributed by atoms with Crippen LogP contribution in [0.2, 0.25) is 0 Å². The predicted octanol–water partition coefficient (Wildman–Crippen LogP) is 2.91. The fourth-order valence-electron chi connectivity index (χ4n) is 2.92. The molecule has 6 nitrogen and oxygen atoms in total. The van der Waals surface area contributed by atoms with Crippen LogP contribution in [0.1, 0.15) is 37.8 Å². The summed E-state index contributed by atoms with van der Waals surface area (Å²) in [4.78, 5) is 12.3. The zero-order valence-corrected chi connectivity index (χ0v) is 14.1. The molecule has 1 aromatic carbocycles. The van der Waals surface area contributed by atoms with Crippen molar-refractivity contribution in [2.75, 3.05) is 0 Å². The van der Waals surface area contributed by atoms with Crippen LogP contribution in [-0.4, -0.2) is 19.5 Å². The van der Waals surface area contributed by atoms with Crippen LogP contribution in [-0.2, 0) is 20.6 Å². The average molecular weight is 348 g/mol. The first kappa shape index (κ1) is 16.7. The third-order valence-corrected chi connectivity index (χ3v) is 5.34. The summed E-state index contributed by atoms with van der Waals surface area (Å²) in [7, 11) is -3.81. The molecule has 7 heteroatoms. The topological polar surface area (TPSA) is 89.3 Å². The molecule has 1 aromatic heterocycles. The van der Waals surface area contributed by atoms with Crippen molar-refractivity contribution in [3.63, 3.8) is 0 Å². The molecule has 0 saturated carbocycles. The van der Waals surface area contributed by atoms with E-state index >= 15 is 0 Å². The van der Waals surface area contributed by atoms with E-state index in [2.05, 4.69) is 22.0 Å². The Labute approximate surface area is 141 Å². The molecule has 1 aliphatic rings. The summed E-state index contributed by atoms with van der Waals surface area (Å²) in [5.41, 5.74) is 0.840. The highest BCUT2D eigenvalue weighted by atomic mass is 32.2. The predicted molar refractivity (Wildman–Crippen MR) is 90.5 cm³/mol. The molecule has 1 heterocycles. The van der Waals surface area contributed by atoms with Crippen LogP contribution in [0.5, 0.6) is 0 Å². The highest BCUT2D eigenvalue weighted by Gasteiger charge is 2.25. The minimum atomic E-state index is -3.81. The highest BCUT2D eigenvalue weighted by molar-refractivity contribution is 7.89. The van der Waals surface area contributed by atoms with Crippen LogP contribution in [0.15, 0.2) is 40.9 Å². The maximum absolute atomic E-state index is 12.3. The second-order valence-electron chi connectivity index (χ2n) is 6.03. The average Bonchev–Trinajstić information content (AvgIpc) is 2.89. The summed E-state index contributed by atoms with van der Waals surface area (Å²) in [5, 5.41) is 4.46. The van der Waals surface area contributed by atoms with Gasteiger partial charge < -0.3 is 4.52 Å². The van der Waals surface area contributed by atoms with Crippen molar-refractivity contribution >= 4 is 26.9 Å². The van der Waals surface area contributed by atoms with Crippen LogP contribution in [0, 0.1) is 5.92 Å². The minimum absolute atomic E-state index is 0.265. The third-order valence-electron chi connectivity index (χ3n) is 4.18. The van der Waals surface area contributed by atoms with Crippen molar-refractivity contribution in [2.45, 2.75) is 37.9 Å². The van der Waals surface area contributed by atoms with Gasteiger partial charge in [0.1, 0.15) is 11.4 Å². The molecule has 24 heavy (non-hydrogen) atoms. The van der Waals surface area contributed by atoms with Gasteiger partial charge in [0.2, 0.25) is 15.9 Å². The summed E-state index contributed by atoms with van der Waals surface area (Å²) < 4.78 is 32.0. The first-order valence-corrected chi connectivity index (χ1v) is 9.73. The smallest absolute Gasteiger partial charge is 0.240 e. The van der Waals surface area contributed by atoms with Crippen LogP contribution in [0.4, 0.5) is 0 Å². The number of sulfonamides is 1. The number of carbonyl (C=O) groups excluding carboxylic acids is 1. The van der Waals surface area contributed by atoms with Crippen LogP contribution in [0.25, 0.3) is 11.0 Å². The van der Waals surface area contributed by atoms with E-state index in [0.717, 1.165) is 19.3 Å². The second kappa shape index (κ2) is 7.17. The molecular formula is C17H20N2O4S. The van der Waals surface area contributed by atoms with Crippen LogP contribution < -0.4 is 4.72 Å². The number of hydrogen-bond acceptors (Lipinski definition) is 5. The molecule has 0 spiro atoms. The van der Waals surface area contributed by atoms with E-state index in [1.54, 1.807) is 24.3 Å². The van der Waals surface area contributed by atoms with Crippen molar-refractivity contribution in [2.24, 2.45) is 5.92 Å². The second-order valence-corrected chi connectivity index (χ2v) is 7.75. The van der Waals surface area contributed by atoms with Gasteiger partial charge in [-0.25, -0.2) is 8.42 Å². The molecule has 0 aliphatic heterocycles. The van der Waals surface area contributed by atoms with Crippen molar-refractivity contribution in [1.82, 2.24) is 9.88 Å². The molecule has 128 valence electrons. The number of fused-ring (bicyclic) bond motifs is 1. The van der Waals surface area contributed by atoms with Gasteiger partial charge in [-0.15, -0.1) is 0 Å². The monoisotopic (exact) mass is 348 g/mol. The van der Waals surface area contributed by atoms with E-state index in [-0.39, 0.29) is 11.7 Å². The summed E-state index contributed by atoms with van der Waals surface area (Å²) in [6.07, 6.45) is 8.16. The zero-order chi connectivity index (χ0) is 17.0. The van der Waals surface area contributed by atoms with Gasteiger partial charge in [-0.2, -0.15) is 0 Å². The number of benzene rings is 1. The standard InChI is InChI=1S/C17H20N2O4S/c20-17(13-8-4-2-1-3-5-9-13)19-24(21,22)12-15-14-10-6-7-11-16(14)23-18-15/h1-2,6-7,10-11,13H,3-5,8-9,12H2,(H,19,20)/b2-1-. The fourth-order valence-corrected chi connectivity index (χ4v) is 4.03. The Kier molecular flexibility index (Phi) is 4.99. The van der Waals surface area contributed by atoms with Crippen molar-refractivity contribution in [3.05, 3.63) is 42.1 Å². The van der Waals surface area contributed by atoms with E-state index < -0.39 is 15.9 Å². The summed E-state index contributed by atoms with van der Waals surface area (Å²) >= 11 is 0. The molecule has 2 aromatic rings. The van der Waals surface area contributed by atoms with Gasteiger partial charge in [-0.1, -0.05) is 29.4 Å². The Morgan fingerprint density at radius 2 is 2.00 bits per heavy atom. The summed E-state index contributed by atoms with van der Waals surface area (Å²) in [6, 6.07) is 7.05. The molecule has 1 unspecified atom stereocenters. The number of amides is 1. The van der Waals surface area contributed by atoms with Gasteiger partial charge >= 0.3 is 0 Å². The van der Waals surface area contributed by atoms with E-state index in [0.29, 0.717) is 29.5 Å². The molecule has 0 radical (unpaired) electrons. The SMILES string of the molecule is O=C(NS(=O)(=O)Cc1noc2ccccc12)C1CC/C=C\CCC1. The maximum atomic E-state index is 12.3. The number of nitrogens with zero attached hydrogens (tertiary/aromatic N) is 1.